The van der Waals surface area contributed by atoms with E-state index < -0.39 is 0 Å². The third-order valence-electron chi connectivity index (χ3n) is 1.56. The summed E-state index contributed by atoms with van der Waals surface area (Å²) in [6.45, 7) is 2.02. The fourth-order valence-electron chi connectivity index (χ4n) is 0.858. The van der Waals surface area contributed by atoms with Crippen LogP contribution in [-0.2, 0) is 5.33 Å². The highest BCUT2D eigenvalue weighted by atomic mass is 79.9. The van der Waals surface area contributed by atoms with Crippen molar-refractivity contribution in [3.63, 3.8) is 0 Å². The summed E-state index contributed by atoms with van der Waals surface area (Å²) in [5.41, 5.74) is 8.98. The highest BCUT2D eigenvalue weighted by Gasteiger charge is 1.97. The van der Waals surface area contributed by atoms with Crippen molar-refractivity contribution in [1.82, 2.24) is 0 Å². The predicted molar refractivity (Wildman–Crippen MR) is 48.2 cm³/mol. The summed E-state index contributed by atoms with van der Waals surface area (Å²) < 4.78 is 0. The average Bonchev–Trinajstić information content (AvgIpc) is 1.95. The molecule has 0 aliphatic carbocycles. The van der Waals surface area contributed by atoms with Crippen LogP contribution in [0.25, 0.3) is 0 Å². The second-order valence-electron chi connectivity index (χ2n) is 2.28. The molecular weight excluding hydrogens is 190 g/mol. The van der Waals surface area contributed by atoms with E-state index >= 15 is 0 Å². The van der Waals surface area contributed by atoms with Gasteiger partial charge in [-0.2, -0.15) is 0 Å². The first-order valence-electron chi connectivity index (χ1n) is 3.15. The monoisotopic (exact) mass is 199 g/mol. The molecule has 0 heterocycles. The van der Waals surface area contributed by atoms with Crippen LogP contribution in [-0.4, -0.2) is 0 Å². The minimum atomic E-state index is 0.834. The van der Waals surface area contributed by atoms with Gasteiger partial charge in [-0.1, -0.05) is 34.1 Å². The fourth-order valence-corrected chi connectivity index (χ4v) is 1.35. The number of aryl methyl sites for hydroxylation is 1. The molecule has 0 fully saturated rings. The van der Waals surface area contributed by atoms with E-state index in [9.17, 15) is 0 Å². The van der Waals surface area contributed by atoms with Crippen molar-refractivity contribution >= 4 is 21.6 Å². The van der Waals surface area contributed by atoms with Gasteiger partial charge in [-0.05, 0) is 18.1 Å². The molecular formula is C8H10BrN. The first-order chi connectivity index (χ1) is 4.75. The van der Waals surface area contributed by atoms with E-state index in [0.29, 0.717) is 0 Å². The summed E-state index contributed by atoms with van der Waals surface area (Å²) in [6.07, 6.45) is 0. The molecule has 2 N–H and O–H groups in total. The normalized spacial score (nSPS) is 9.80. The summed E-state index contributed by atoms with van der Waals surface area (Å²) >= 11 is 3.36. The average molecular weight is 200 g/mol. The standard InChI is InChI=1S/C8H10BrN/c1-6-3-2-4-7(5-9)8(6)10/h2-4H,5,10H2,1H3. The number of nitrogen functional groups attached to an aromatic ring is 1. The van der Waals surface area contributed by atoms with Crippen LogP contribution >= 0.6 is 15.9 Å². The van der Waals surface area contributed by atoms with Crippen molar-refractivity contribution in [1.29, 1.82) is 0 Å². The lowest BCUT2D eigenvalue weighted by Crippen LogP contribution is -1.93. The Bertz CT molecular complexity index is 233. The lowest BCUT2D eigenvalue weighted by atomic mass is 10.1. The lowest BCUT2D eigenvalue weighted by Gasteiger charge is -2.03. The van der Waals surface area contributed by atoms with Gasteiger partial charge in [-0.15, -0.1) is 0 Å². The molecule has 10 heavy (non-hydrogen) atoms. The molecule has 0 amide bonds. The van der Waals surface area contributed by atoms with Crippen LogP contribution in [0.1, 0.15) is 11.1 Å². The SMILES string of the molecule is Cc1cccc(CBr)c1N. The summed E-state index contributed by atoms with van der Waals surface area (Å²) in [4.78, 5) is 0. The molecule has 0 spiro atoms. The molecule has 0 saturated heterocycles. The van der Waals surface area contributed by atoms with Gasteiger partial charge >= 0.3 is 0 Å². The number of halogens is 1. The van der Waals surface area contributed by atoms with Crippen molar-refractivity contribution in [3.05, 3.63) is 29.3 Å². The van der Waals surface area contributed by atoms with Crippen molar-refractivity contribution in [3.8, 4) is 0 Å². The molecule has 0 saturated carbocycles. The van der Waals surface area contributed by atoms with Crippen molar-refractivity contribution in [2.24, 2.45) is 0 Å². The zero-order valence-corrected chi connectivity index (χ0v) is 7.48. The van der Waals surface area contributed by atoms with Gasteiger partial charge in [0.05, 0.1) is 0 Å². The molecule has 0 unspecified atom stereocenters. The lowest BCUT2D eigenvalue weighted by molar-refractivity contribution is 1.37. The second-order valence-corrected chi connectivity index (χ2v) is 2.84. The second kappa shape index (κ2) is 3.06. The van der Waals surface area contributed by atoms with Gasteiger partial charge in [0.2, 0.25) is 0 Å². The molecule has 0 aromatic heterocycles. The largest absolute Gasteiger partial charge is 0.398 e. The molecule has 1 aromatic carbocycles. The van der Waals surface area contributed by atoms with Gasteiger partial charge in [0.25, 0.3) is 0 Å². The van der Waals surface area contributed by atoms with E-state index in [2.05, 4.69) is 15.9 Å². The third-order valence-corrected chi connectivity index (χ3v) is 2.16. The van der Waals surface area contributed by atoms with Crippen LogP contribution in [0.5, 0.6) is 0 Å². The Balaban J connectivity index is 3.14. The number of benzene rings is 1. The maximum absolute atomic E-state index is 5.76. The molecule has 1 rings (SSSR count). The maximum Gasteiger partial charge on any atom is 0.0384 e. The smallest absolute Gasteiger partial charge is 0.0384 e. The minimum Gasteiger partial charge on any atom is -0.398 e. The van der Waals surface area contributed by atoms with Crippen LogP contribution in [0.3, 0.4) is 0 Å². The van der Waals surface area contributed by atoms with E-state index in [1.807, 2.05) is 25.1 Å². The number of hydrogen-bond acceptors (Lipinski definition) is 1. The van der Waals surface area contributed by atoms with Gasteiger partial charge in [0.15, 0.2) is 0 Å². The van der Waals surface area contributed by atoms with Crippen molar-refractivity contribution < 1.29 is 0 Å². The Labute approximate surface area is 69.4 Å². The molecule has 0 bridgehead atoms. The van der Waals surface area contributed by atoms with E-state index in [1.54, 1.807) is 0 Å². The highest BCUT2D eigenvalue weighted by Crippen LogP contribution is 2.18. The number of anilines is 1. The third kappa shape index (κ3) is 1.32. The van der Waals surface area contributed by atoms with E-state index in [0.717, 1.165) is 16.6 Å². The molecule has 0 radical (unpaired) electrons. The summed E-state index contributed by atoms with van der Waals surface area (Å²) in [5.74, 6) is 0. The van der Waals surface area contributed by atoms with Crippen molar-refractivity contribution in [2.45, 2.75) is 12.3 Å². The van der Waals surface area contributed by atoms with Crippen LogP contribution in [0.15, 0.2) is 18.2 Å². The minimum absolute atomic E-state index is 0.834. The van der Waals surface area contributed by atoms with E-state index in [1.165, 1.54) is 5.56 Å². The Morgan fingerprint density at radius 1 is 1.50 bits per heavy atom. The molecule has 1 aromatic rings. The molecule has 2 heteroatoms. The van der Waals surface area contributed by atoms with Crippen molar-refractivity contribution in [2.75, 3.05) is 5.73 Å². The molecule has 0 atom stereocenters. The topological polar surface area (TPSA) is 26.0 Å². The summed E-state index contributed by atoms with van der Waals surface area (Å²) in [7, 11) is 0. The summed E-state index contributed by atoms with van der Waals surface area (Å²) in [6, 6.07) is 6.06. The first kappa shape index (κ1) is 7.61. The molecule has 0 aliphatic heterocycles. The van der Waals surface area contributed by atoms with Gasteiger partial charge < -0.3 is 5.73 Å². The van der Waals surface area contributed by atoms with Gasteiger partial charge in [-0.3, -0.25) is 0 Å². The Kier molecular flexibility index (Phi) is 2.33. The zero-order valence-electron chi connectivity index (χ0n) is 5.89. The number of hydrogen-bond donors (Lipinski definition) is 1. The van der Waals surface area contributed by atoms with Crippen LogP contribution in [0.4, 0.5) is 5.69 Å². The fraction of sp³-hybridized carbons (Fsp3) is 0.250. The first-order valence-corrected chi connectivity index (χ1v) is 4.27. The van der Waals surface area contributed by atoms with Gasteiger partial charge in [0, 0.05) is 11.0 Å². The van der Waals surface area contributed by atoms with E-state index in [-0.39, 0.29) is 0 Å². The number of alkyl halides is 1. The quantitative estimate of drug-likeness (QED) is 0.546. The van der Waals surface area contributed by atoms with Crippen LogP contribution in [0.2, 0.25) is 0 Å². The molecule has 54 valence electrons. The van der Waals surface area contributed by atoms with Gasteiger partial charge in [-0.25, -0.2) is 0 Å². The zero-order chi connectivity index (χ0) is 7.56. The Hall–Kier alpha value is -0.500. The van der Waals surface area contributed by atoms with E-state index in [4.69, 9.17) is 5.73 Å². The Morgan fingerprint density at radius 3 is 2.70 bits per heavy atom. The number of rotatable bonds is 1. The predicted octanol–water partition coefficient (Wildman–Crippen LogP) is 2.47. The van der Waals surface area contributed by atoms with Crippen LogP contribution < -0.4 is 5.73 Å². The van der Waals surface area contributed by atoms with Gasteiger partial charge in [0.1, 0.15) is 0 Å². The highest BCUT2D eigenvalue weighted by molar-refractivity contribution is 9.08. The number of nitrogens with two attached hydrogens (primary N) is 1. The molecule has 1 nitrogen and oxygen atoms in total. The van der Waals surface area contributed by atoms with Crippen LogP contribution in [0, 0.1) is 6.92 Å². The number of para-hydroxylation sites is 1. The summed E-state index contributed by atoms with van der Waals surface area (Å²) in [5, 5.41) is 0.834. The Morgan fingerprint density at radius 2 is 2.20 bits per heavy atom. The maximum atomic E-state index is 5.76. The molecule has 0 aliphatic rings.